The van der Waals surface area contributed by atoms with E-state index in [1.54, 1.807) is 37.3 Å². The lowest BCUT2D eigenvalue weighted by molar-refractivity contribution is -0.142. The number of hydrogen-bond donors (Lipinski definition) is 1. The Bertz CT molecular complexity index is 785. The first-order valence-electron chi connectivity index (χ1n) is 8.05. The summed E-state index contributed by atoms with van der Waals surface area (Å²) in [6, 6.07) is 12.1. The number of halogens is 2. The highest BCUT2D eigenvalue weighted by molar-refractivity contribution is 6.30. The first-order valence-corrected chi connectivity index (χ1v) is 8.43. The minimum Gasteiger partial charge on any atom is -0.481 e. The van der Waals surface area contributed by atoms with Crippen LogP contribution in [-0.4, -0.2) is 36.4 Å². The van der Waals surface area contributed by atoms with Crippen LogP contribution in [-0.2, 0) is 16.1 Å². The molecule has 0 aromatic heterocycles. The average molecular weight is 379 g/mol. The van der Waals surface area contributed by atoms with Gasteiger partial charge in [-0.15, -0.1) is 0 Å². The molecular formula is C19H20ClFN2O3. The first-order chi connectivity index (χ1) is 12.4. The molecular weight excluding hydrogens is 359 g/mol. The lowest BCUT2D eigenvalue weighted by Gasteiger charge is -2.28. The molecule has 0 bridgehead atoms. The molecule has 0 aliphatic heterocycles. The quantitative estimate of drug-likeness (QED) is 0.805. The third-order valence-corrected chi connectivity index (χ3v) is 4.08. The molecule has 5 nitrogen and oxygen atoms in total. The molecule has 2 amide bonds. The normalized spacial score (nSPS) is 11.5. The Kier molecular flexibility index (Phi) is 6.97. The van der Waals surface area contributed by atoms with Gasteiger partial charge in [0.05, 0.1) is 0 Å². The molecule has 26 heavy (non-hydrogen) atoms. The number of hydrogen-bond acceptors (Lipinski definition) is 3. The van der Waals surface area contributed by atoms with E-state index in [0.717, 1.165) is 5.56 Å². The Balaban J connectivity index is 2.15. The van der Waals surface area contributed by atoms with Crippen LogP contribution >= 0.6 is 11.6 Å². The highest BCUT2D eigenvalue weighted by Crippen LogP contribution is 2.17. The fourth-order valence-corrected chi connectivity index (χ4v) is 2.62. The molecule has 0 radical (unpaired) electrons. The van der Waals surface area contributed by atoms with Gasteiger partial charge in [0.2, 0.25) is 5.91 Å². The van der Waals surface area contributed by atoms with Gasteiger partial charge in [-0.2, -0.15) is 0 Å². The van der Waals surface area contributed by atoms with Crippen LogP contribution in [0, 0.1) is 5.82 Å². The molecule has 0 heterocycles. The summed E-state index contributed by atoms with van der Waals surface area (Å²) in [5, 5.41) is 3.05. The second-order valence-electron chi connectivity index (χ2n) is 5.66. The van der Waals surface area contributed by atoms with E-state index in [1.165, 1.54) is 30.1 Å². The summed E-state index contributed by atoms with van der Waals surface area (Å²) < 4.78 is 18.9. The van der Waals surface area contributed by atoms with Crippen molar-refractivity contribution in [3.63, 3.8) is 0 Å². The molecule has 0 saturated heterocycles. The summed E-state index contributed by atoms with van der Waals surface area (Å²) in [6.07, 6.45) is 0. The van der Waals surface area contributed by atoms with Crippen LogP contribution in [0.4, 0.5) is 4.39 Å². The minimum atomic E-state index is -0.726. The van der Waals surface area contributed by atoms with Crippen LogP contribution in [0.2, 0.25) is 5.02 Å². The van der Waals surface area contributed by atoms with Gasteiger partial charge in [0, 0.05) is 18.6 Å². The maximum atomic E-state index is 13.6. The number of ether oxygens (including phenoxy) is 1. The molecule has 2 aromatic rings. The zero-order valence-corrected chi connectivity index (χ0v) is 15.3. The van der Waals surface area contributed by atoms with E-state index < -0.39 is 17.8 Å². The second kappa shape index (κ2) is 9.20. The van der Waals surface area contributed by atoms with Gasteiger partial charge in [0.25, 0.3) is 5.91 Å². The van der Waals surface area contributed by atoms with Crippen LogP contribution < -0.4 is 10.1 Å². The van der Waals surface area contributed by atoms with Crippen LogP contribution in [0.1, 0.15) is 12.5 Å². The number of para-hydroxylation sites is 1. The highest BCUT2D eigenvalue weighted by Gasteiger charge is 2.26. The molecule has 1 N–H and O–H groups in total. The van der Waals surface area contributed by atoms with Gasteiger partial charge in [0.1, 0.15) is 6.04 Å². The fraction of sp³-hybridized carbons (Fsp3) is 0.263. The van der Waals surface area contributed by atoms with Crippen molar-refractivity contribution in [1.29, 1.82) is 0 Å². The summed E-state index contributed by atoms with van der Waals surface area (Å²) >= 11 is 5.99. The molecule has 7 heteroatoms. The van der Waals surface area contributed by atoms with Gasteiger partial charge >= 0.3 is 0 Å². The van der Waals surface area contributed by atoms with Gasteiger partial charge < -0.3 is 15.0 Å². The topological polar surface area (TPSA) is 58.6 Å². The third kappa shape index (κ3) is 5.20. The van der Waals surface area contributed by atoms with E-state index in [2.05, 4.69) is 5.32 Å². The molecule has 1 atom stereocenters. The number of rotatable bonds is 7. The molecule has 138 valence electrons. The van der Waals surface area contributed by atoms with Crippen molar-refractivity contribution >= 4 is 23.4 Å². The Morgan fingerprint density at radius 2 is 1.96 bits per heavy atom. The molecule has 0 saturated carbocycles. The highest BCUT2D eigenvalue weighted by atomic mass is 35.5. The Hall–Kier alpha value is -2.60. The predicted molar refractivity (Wildman–Crippen MR) is 97.4 cm³/mol. The predicted octanol–water partition coefficient (Wildman–Crippen LogP) is 3.02. The number of nitrogens with zero attached hydrogens (tertiary/aromatic N) is 1. The maximum absolute atomic E-state index is 13.6. The lowest BCUT2D eigenvalue weighted by Crippen LogP contribution is -2.48. The molecule has 2 rings (SSSR count). The number of amides is 2. The van der Waals surface area contributed by atoms with Gasteiger partial charge in [-0.25, -0.2) is 4.39 Å². The summed E-state index contributed by atoms with van der Waals surface area (Å²) in [7, 11) is 1.50. The molecule has 0 spiro atoms. The van der Waals surface area contributed by atoms with E-state index in [4.69, 9.17) is 16.3 Å². The Labute approximate surface area is 156 Å². The fourth-order valence-electron chi connectivity index (χ4n) is 2.41. The van der Waals surface area contributed by atoms with E-state index in [9.17, 15) is 14.0 Å². The van der Waals surface area contributed by atoms with Crippen molar-refractivity contribution in [1.82, 2.24) is 10.2 Å². The number of carbonyl (C=O) groups excluding carboxylic acids is 2. The van der Waals surface area contributed by atoms with E-state index >= 15 is 0 Å². The molecule has 2 aromatic carbocycles. The minimum absolute atomic E-state index is 0.0175. The van der Waals surface area contributed by atoms with Crippen LogP contribution in [0.3, 0.4) is 0 Å². The average Bonchev–Trinajstić information content (AvgIpc) is 2.64. The number of carbonyl (C=O) groups is 2. The van der Waals surface area contributed by atoms with Gasteiger partial charge in [-0.1, -0.05) is 35.9 Å². The monoisotopic (exact) mass is 378 g/mol. The van der Waals surface area contributed by atoms with Crippen molar-refractivity contribution in [3.05, 3.63) is 64.9 Å². The first kappa shape index (κ1) is 19.7. The van der Waals surface area contributed by atoms with E-state index in [1.807, 2.05) is 0 Å². The van der Waals surface area contributed by atoms with Crippen molar-refractivity contribution in [2.75, 3.05) is 13.7 Å². The summed E-state index contributed by atoms with van der Waals surface area (Å²) in [5.41, 5.74) is 0.771. The zero-order chi connectivity index (χ0) is 19.1. The van der Waals surface area contributed by atoms with Crippen LogP contribution in [0.15, 0.2) is 48.5 Å². The second-order valence-corrected chi connectivity index (χ2v) is 6.10. The van der Waals surface area contributed by atoms with Crippen molar-refractivity contribution in [2.24, 2.45) is 0 Å². The summed E-state index contributed by atoms with van der Waals surface area (Å²) in [6.45, 7) is 1.40. The lowest BCUT2D eigenvalue weighted by atomic mass is 10.1. The van der Waals surface area contributed by atoms with E-state index in [-0.39, 0.29) is 24.8 Å². The molecule has 0 aliphatic carbocycles. The largest absolute Gasteiger partial charge is 0.481 e. The SMILES string of the molecule is CNC(=O)[C@@H](C)N(Cc1cccc(Cl)c1)C(=O)COc1ccccc1F. The molecule has 0 aliphatic rings. The Morgan fingerprint density at radius 3 is 2.62 bits per heavy atom. The van der Waals surface area contributed by atoms with Crippen LogP contribution in [0.5, 0.6) is 5.75 Å². The Morgan fingerprint density at radius 1 is 1.23 bits per heavy atom. The van der Waals surface area contributed by atoms with E-state index in [0.29, 0.717) is 5.02 Å². The van der Waals surface area contributed by atoms with Crippen molar-refractivity contribution in [2.45, 2.75) is 19.5 Å². The number of nitrogens with one attached hydrogen (secondary N) is 1. The zero-order valence-electron chi connectivity index (χ0n) is 14.5. The number of benzene rings is 2. The smallest absolute Gasteiger partial charge is 0.261 e. The maximum Gasteiger partial charge on any atom is 0.261 e. The van der Waals surface area contributed by atoms with Gasteiger partial charge in [0.15, 0.2) is 18.2 Å². The molecule has 0 unspecified atom stereocenters. The van der Waals surface area contributed by atoms with Gasteiger partial charge in [-0.05, 0) is 36.8 Å². The molecule has 0 fully saturated rings. The standard InChI is InChI=1S/C19H20ClFN2O3/c1-13(19(25)22-2)23(11-14-6-5-7-15(20)10-14)18(24)12-26-17-9-4-3-8-16(17)21/h3-10,13H,11-12H2,1-2H3,(H,22,25)/t13-/m1/s1. The summed E-state index contributed by atoms with van der Waals surface area (Å²) in [5.74, 6) is -1.33. The number of likely N-dealkylation sites (N-methyl/N-ethyl adjacent to an activating group) is 1. The van der Waals surface area contributed by atoms with Crippen molar-refractivity contribution in [3.8, 4) is 5.75 Å². The van der Waals surface area contributed by atoms with Crippen molar-refractivity contribution < 1.29 is 18.7 Å². The van der Waals surface area contributed by atoms with Crippen LogP contribution in [0.25, 0.3) is 0 Å². The third-order valence-electron chi connectivity index (χ3n) is 3.84. The van der Waals surface area contributed by atoms with Gasteiger partial charge in [-0.3, -0.25) is 9.59 Å². The summed E-state index contributed by atoms with van der Waals surface area (Å²) in [4.78, 5) is 26.0.